The highest BCUT2D eigenvalue weighted by atomic mass is 35.5. The normalized spacial score (nSPS) is 11.3. The van der Waals surface area contributed by atoms with E-state index in [0.717, 1.165) is 24.3 Å². The first-order valence-corrected chi connectivity index (χ1v) is 6.54. The molecule has 0 radical (unpaired) electrons. The summed E-state index contributed by atoms with van der Waals surface area (Å²) in [5, 5.41) is 2.54. The van der Waals surface area contributed by atoms with E-state index in [2.05, 4.69) is 5.32 Å². The van der Waals surface area contributed by atoms with E-state index >= 15 is 0 Å². The van der Waals surface area contributed by atoms with Gasteiger partial charge in [-0.3, -0.25) is 4.79 Å². The summed E-state index contributed by atoms with van der Waals surface area (Å²) in [5.41, 5.74) is -0.821. The van der Waals surface area contributed by atoms with E-state index in [1.165, 1.54) is 18.2 Å². The van der Waals surface area contributed by atoms with Crippen molar-refractivity contribution in [3.05, 3.63) is 70.0 Å². The number of carbonyl (C=O) groups is 1. The second-order valence-corrected chi connectivity index (χ2v) is 4.94. The molecular formula is C15H10ClF4NO. The van der Waals surface area contributed by atoms with Gasteiger partial charge in [-0.05, 0) is 35.9 Å². The fourth-order valence-electron chi connectivity index (χ4n) is 1.81. The van der Waals surface area contributed by atoms with Crippen molar-refractivity contribution in [3.63, 3.8) is 0 Å². The van der Waals surface area contributed by atoms with Crippen LogP contribution in [0.25, 0.3) is 0 Å². The van der Waals surface area contributed by atoms with Gasteiger partial charge < -0.3 is 5.32 Å². The van der Waals surface area contributed by atoms with E-state index in [-0.39, 0.29) is 22.7 Å². The fourth-order valence-corrected chi connectivity index (χ4v) is 1.98. The van der Waals surface area contributed by atoms with Crippen LogP contribution in [0.2, 0.25) is 5.02 Å². The third-order valence-electron chi connectivity index (χ3n) is 2.88. The zero-order valence-corrected chi connectivity index (χ0v) is 11.8. The molecule has 0 aliphatic heterocycles. The van der Waals surface area contributed by atoms with E-state index in [4.69, 9.17) is 11.6 Å². The van der Waals surface area contributed by atoms with Crippen molar-refractivity contribution in [3.8, 4) is 0 Å². The minimum Gasteiger partial charge on any atom is -0.348 e. The number of amides is 1. The van der Waals surface area contributed by atoms with Gasteiger partial charge in [-0.25, -0.2) is 4.39 Å². The Morgan fingerprint density at radius 2 is 1.86 bits per heavy atom. The molecule has 0 saturated heterocycles. The fraction of sp³-hybridized carbons (Fsp3) is 0.133. The molecule has 0 aromatic heterocycles. The van der Waals surface area contributed by atoms with Crippen molar-refractivity contribution in [2.45, 2.75) is 12.7 Å². The van der Waals surface area contributed by atoms with Crippen LogP contribution >= 0.6 is 11.6 Å². The van der Waals surface area contributed by atoms with Crippen molar-refractivity contribution in [2.24, 2.45) is 0 Å². The highest BCUT2D eigenvalue weighted by molar-refractivity contribution is 6.30. The first kappa shape index (κ1) is 16.3. The van der Waals surface area contributed by atoms with Crippen LogP contribution in [-0.4, -0.2) is 5.91 Å². The standard InChI is InChI=1S/C15H10ClF4NO/c16-11-4-5-13(17)12(7-11)14(22)21-8-9-2-1-3-10(6-9)15(18,19)20/h1-7H,8H2,(H,21,22). The van der Waals surface area contributed by atoms with Crippen molar-refractivity contribution in [1.82, 2.24) is 5.32 Å². The van der Waals surface area contributed by atoms with Crippen LogP contribution in [0.3, 0.4) is 0 Å². The highest BCUT2D eigenvalue weighted by Crippen LogP contribution is 2.29. The molecular weight excluding hydrogens is 322 g/mol. The van der Waals surface area contributed by atoms with Crippen LogP contribution in [0, 0.1) is 5.82 Å². The van der Waals surface area contributed by atoms with Gasteiger partial charge in [0.05, 0.1) is 11.1 Å². The summed E-state index contributed by atoms with van der Waals surface area (Å²) in [7, 11) is 0. The summed E-state index contributed by atoms with van der Waals surface area (Å²) < 4.78 is 51.2. The van der Waals surface area contributed by atoms with E-state index in [1.807, 2.05) is 0 Å². The van der Waals surface area contributed by atoms with Gasteiger partial charge in [0, 0.05) is 11.6 Å². The predicted octanol–water partition coefficient (Wildman–Crippen LogP) is 4.43. The lowest BCUT2D eigenvalue weighted by atomic mass is 10.1. The highest BCUT2D eigenvalue weighted by Gasteiger charge is 2.30. The van der Waals surface area contributed by atoms with Crippen molar-refractivity contribution in [2.75, 3.05) is 0 Å². The van der Waals surface area contributed by atoms with Crippen LogP contribution in [0.4, 0.5) is 17.6 Å². The monoisotopic (exact) mass is 331 g/mol. The molecule has 7 heteroatoms. The summed E-state index contributed by atoms with van der Waals surface area (Å²) in [4.78, 5) is 11.8. The lowest BCUT2D eigenvalue weighted by molar-refractivity contribution is -0.137. The maximum Gasteiger partial charge on any atom is 0.416 e. The third-order valence-corrected chi connectivity index (χ3v) is 3.12. The van der Waals surface area contributed by atoms with Gasteiger partial charge >= 0.3 is 6.18 Å². The summed E-state index contributed by atoms with van der Waals surface area (Å²) >= 11 is 5.68. The van der Waals surface area contributed by atoms with Gasteiger partial charge in [0.1, 0.15) is 5.82 Å². The zero-order chi connectivity index (χ0) is 16.3. The largest absolute Gasteiger partial charge is 0.416 e. The number of hydrogen-bond acceptors (Lipinski definition) is 1. The molecule has 2 aromatic rings. The Hall–Kier alpha value is -2.08. The molecule has 0 unspecified atom stereocenters. The molecule has 0 aliphatic rings. The van der Waals surface area contributed by atoms with Crippen LogP contribution < -0.4 is 5.32 Å². The average Bonchev–Trinajstić information content (AvgIpc) is 2.47. The smallest absolute Gasteiger partial charge is 0.348 e. The van der Waals surface area contributed by atoms with Gasteiger partial charge in [-0.15, -0.1) is 0 Å². The van der Waals surface area contributed by atoms with Crippen molar-refractivity contribution < 1.29 is 22.4 Å². The Bertz CT molecular complexity index is 700. The molecule has 0 bridgehead atoms. The van der Waals surface area contributed by atoms with Gasteiger partial charge in [0.25, 0.3) is 5.91 Å². The maximum atomic E-state index is 13.5. The molecule has 116 valence electrons. The Kier molecular flexibility index (Phi) is 4.71. The van der Waals surface area contributed by atoms with E-state index < -0.39 is 23.5 Å². The van der Waals surface area contributed by atoms with Gasteiger partial charge in [-0.1, -0.05) is 23.7 Å². The Balaban J connectivity index is 2.10. The minimum absolute atomic E-state index is 0.158. The number of benzene rings is 2. The van der Waals surface area contributed by atoms with Gasteiger partial charge in [0.15, 0.2) is 0 Å². The topological polar surface area (TPSA) is 29.1 Å². The van der Waals surface area contributed by atoms with Crippen LogP contribution in [0.1, 0.15) is 21.5 Å². The molecule has 0 atom stereocenters. The Labute approximate surface area is 128 Å². The Morgan fingerprint density at radius 1 is 1.14 bits per heavy atom. The van der Waals surface area contributed by atoms with Crippen molar-refractivity contribution >= 4 is 17.5 Å². The molecule has 0 heterocycles. The Morgan fingerprint density at radius 3 is 2.55 bits per heavy atom. The van der Waals surface area contributed by atoms with E-state index in [0.29, 0.717) is 0 Å². The van der Waals surface area contributed by atoms with E-state index in [1.54, 1.807) is 0 Å². The second-order valence-electron chi connectivity index (χ2n) is 4.50. The average molecular weight is 332 g/mol. The van der Waals surface area contributed by atoms with Gasteiger partial charge in [0.2, 0.25) is 0 Å². The predicted molar refractivity (Wildman–Crippen MR) is 74.0 cm³/mol. The van der Waals surface area contributed by atoms with Crippen molar-refractivity contribution in [1.29, 1.82) is 0 Å². The second kappa shape index (κ2) is 6.36. The molecule has 22 heavy (non-hydrogen) atoms. The molecule has 1 N–H and O–H groups in total. The molecule has 0 fully saturated rings. The molecule has 0 aliphatic carbocycles. The minimum atomic E-state index is -4.46. The number of halogens is 5. The molecule has 2 rings (SSSR count). The lowest BCUT2D eigenvalue weighted by Crippen LogP contribution is -2.24. The first-order valence-electron chi connectivity index (χ1n) is 6.17. The number of rotatable bonds is 3. The zero-order valence-electron chi connectivity index (χ0n) is 11.0. The lowest BCUT2D eigenvalue weighted by Gasteiger charge is -2.10. The number of nitrogens with one attached hydrogen (secondary N) is 1. The molecule has 2 nitrogen and oxygen atoms in total. The van der Waals surface area contributed by atoms with Crippen LogP contribution in [0.15, 0.2) is 42.5 Å². The number of hydrogen-bond donors (Lipinski definition) is 1. The summed E-state index contributed by atoms with van der Waals surface area (Å²) in [5.74, 6) is -1.51. The summed E-state index contributed by atoms with van der Waals surface area (Å²) in [6.07, 6.45) is -4.46. The molecule has 1 amide bonds. The molecule has 2 aromatic carbocycles. The number of alkyl halides is 3. The van der Waals surface area contributed by atoms with Crippen LogP contribution in [0.5, 0.6) is 0 Å². The quantitative estimate of drug-likeness (QED) is 0.828. The van der Waals surface area contributed by atoms with Crippen LogP contribution in [-0.2, 0) is 12.7 Å². The van der Waals surface area contributed by atoms with Gasteiger partial charge in [-0.2, -0.15) is 13.2 Å². The number of carbonyl (C=O) groups excluding carboxylic acids is 1. The summed E-state index contributed by atoms with van der Waals surface area (Å²) in [6, 6.07) is 8.02. The SMILES string of the molecule is O=C(NCc1cccc(C(F)(F)F)c1)c1cc(Cl)ccc1F. The first-order chi connectivity index (χ1) is 10.3. The maximum absolute atomic E-state index is 13.5. The summed E-state index contributed by atoms with van der Waals surface area (Å²) in [6.45, 7) is -0.158. The molecule has 0 saturated carbocycles. The van der Waals surface area contributed by atoms with E-state index in [9.17, 15) is 22.4 Å². The third kappa shape index (κ3) is 3.98. The molecule has 0 spiro atoms.